The van der Waals surface area contributed by atoms with E-state index in [2.05, 4.69) is 26.3 Å². The molecule has 0 fully saturated rings. The maximum absolute atomic E-state index is 5.52. The van der Waals surface area contributed by atoms with Crippen LogP contribution in [0.4, 0.5) is 5.69 Å². The minimum atomic E-state index is 0.609. The van der Waals surface area contributed by atoms with Crippen LogP contribution in [0.2, 0.25) is 0 Å². The van der Waals surface area contributed by atoms with Crippen LogP contribution in [-0.2, 0) is 7.05 Å². The van der Waals surface area contributed by atoms with Crippen LogP contribution in [0.25, 0.3) is 0 Å². The molecule has 0 radical (unpaired) electrons. The van der Waals surface area contributed by atoms with Crippen LogP contribution in [0.5, 0.6) is 5.75 Å². The number of aryl methyl sites for hydroxylation is 1. The summed E-state index contributed by atoms with van der Waals surface area (Å²) >= 11 is 3.43. The van der Waals surface area contributed by atoms with Gasteiger partial charge in [-0.3, -0.25) is 4.68 Å². The molecule has 0 aliphatic carbocycles. The second-order valence-electron chi connectivity index (χ2n) is 3.64. The molecule has 1 aromatic heterocycles. The molecule has 1 N–H and O–H groups in total. The number of aromatic nitrogens is 2. The van der Waals surface area contributed by atoms with E-state index in [4.69, 9.17) is 4.74 Å². The predicted octanol–water partition coefficient (Wildman–Crippen LogP) is 2.67. The molecule has 0 saturated carbocycles. The molecule has 17 heavy (non-hydrogen) atoms. The molecule has 90 valence electrons. The monoisotopic (exact) mass is 295 g/mol. The first kappa shape index (κ1) is 12.0. The lowest BCUT2D eigenvalue weighted by Gasteiger charge is -2.07. The van der Waals surface area contributed by atoms with Crippen LogP contribution < -0.4 is 10.1 Å². The number of anilines is 1. The van der Waals surface area contributed by atoms with Crippen LogP contribution in [-0.4, -0.2) is 22.9 Å². The second kappa shape index (κ2) is 5.72. The van der Waals surface area contributed by atoms with E-state index in [0.29, 0.717) is 6.61 Å². The van der Waals surface area contributed by atoms with E-state index in [-0.39, 0.29) is 0 Å². The minimum absolute atomic E-state index is 0.609. The fourth-order valence-electron chi connectivity index (χ4n) is 1.44. The van der Waals surface area contributed by atoms with Crippen LogP contribution in [0.15, 0.2) is 41.1 Å². The molecule has 1 heterocycles. The van der Waals surface area contributed by atoms with Gasteiger partial charge in [-0.15, -0.1) is 0 Å². The van der Waals surface area contributed by atoms with E-state index in [9.17, 15) is 0 Å². The summed E-state index contributed by atoms with van der Waals surface area (Å²) in [7, 11) is 1.87. The zero-order valence-corrected chi connectivity index (χ0v) is 11.1. The number of hydrogen-bond acceptors (Lipinski definition) is 3. The van der Waals surface area contributed by atoms with Gasteiger partial charge in [0.1, 0.15) is 6.61 Å². The Morgan fingerprint density at radius 2 is 2.35 bits per heavy atom. The average molecular weight is 296 g/mol. The average Bonchev–Trinajstić information content (AvgIpc) is 2.71. The lowest BCUT2D eigenvalue weighted by molar-refractivity contribution is 0.332. The van der Waals surface area contributed by atoms with Crippen molar-refractivity contribution in [1.29, 1.82) is 0 Å². The third-order valence-corrected chi connectivity index (χ3v) is 2.70. The summed E-state index contributed by atoms with van der Waals surface area (Å²) < 4.78 is 8.31. The standard InChI is InChI=1S/C12H14BrN3O/c1-16-9-12(8-15-16)17-6-5-14-11-4-2-3-10(13)7-11/h2-4,7-9,14H,5-6H2,1H3. The van der Waals surface area contributed by atoms with Crippen molar-refractivity contribution in [2.45, 2.75) is 0 Å². The highest BCUT2D eigenvalue weighted by molar-refractivity contribution is 9.10. The molecular weight excluding hydrogens is 282 g/mol. The van der Waals surface area contributed by atoms with Gasteiger partial charge in [0.25, 0.3) is 0 Å². The number of ether oxygens (including phenoxy) is 1. The van der Waals surface area contributed by atoms with Crippen molar-refractivity contribution < 1.29 is 4.74 Å². The van der Waals surface area contributed by atoms with Gasteiger partial charge in [0.2, 0.25) is 0 Å². The quantitative estimate of drug-likeness (QED) is 0.862. The highest BCUT2D eigenvalue weighted by Crippen LogP contribution is 2.15. The highest BCUT2D eigenvalue weighted by Gasteiger charge is 1.96. The lowest BCUT2D eigenvalue weighted by Crippen LogP contribution is -2.11. The van der Waals surface area contributed by atoms with E-state index in [0.717, 1.165) is 22.5 Å². The predicted molar refractivity (Wildman–Crippen MR) is 71.3 cm³/mol. The first-order valence-corrected chi connectivity index (χ1v) is 6.14. The van der Waals surface area contributed by atoms with Gasteiger partial charge < -0.3 is 10.1 Å². The molecule has 0 aliphatic rings. The second-order valence-corrected chi connectivity index (χ2v) is 4.55. The molecule has 0 amide bonds. The molecule has 2 aromatic rings. The van der Waals surface area contributed by atoms with Gasteiger partial charge in [-0.1, -0.05) is 22.0 Å². The summed E-state index contributed by atoms with van der Waals surface area (Å²) in [6.07, 6.45) is 3.55. The number of nitrogens with zero attached hydrogens (tertiary/aromatic N) is 2. The number of nitrogens with one attached hydrogen (secondary N) is 1. The first-order valence-electron chi connectivity index (χ1n) is 5.35. The largest absolute Gasteiger partial charge is 0.488 e. The number of benzene rings is 1. The van der Waals surface area contributed by atoms with Crippen molar-refractivity contribution >= 4 is 21.6 Å². The minimum Gasteiger partial charge on any atom is -0.488 e. The Morgan fingerprint density at radius 1 is 1.47 bits per heavy atom. The molecule has 0 spiro atoms. The molecule has 0 unspecified atom stereocenters. The van der Waals surface area contributed by atoms with Crippen molar-refractivity contribution in [2.75, 3.05) is 18.5 Å². The Kier molecular flexibility index (Phi) is 4.03. The molecule has 4 nitrogen and oxygen atoms in total. The first-order chi connectivity index (χ1) is 8.24. The Balaban J connectivity index is 1.73. The highest BCUT2D eigenvalue weighted by atomic mass is 79.9. The SMILES string of the molecule is Cn1cc(OCCNc2cccc(Br)c2)cn1. The zero-order valence-electron chi connectivity index (χ0n) is 9.56. The van der Waals surface area contributed by atoms with Gasteiger partial charge in [0.05, 0.1) is 12.4 Å². The summed E-state index contributed by atoms with van der Waals surface area (Å²) in [6, 6.07) is 8.05. The zero-order chi connectivity index (χ0) is 12.1. The van der Waals surface area contributed by atoms with Crippen LogP contribution in [0.3, 0.4) is 0 Å². The van der Waals surface area contributed by atoms with Gasteiger partial charge in [0, 0.05) is 23.8 Å². The van der Waals surface area contributed by atoms with Gasteiger partial charge in [0.15, 0.2) is 5.75 Å². The smallest absolute Gasteiger partial charge is 0.157 e. The molecule has 2 rings (SSSR count). The third kappa shape index (κ3) is 3.78. The van der Waals surface area contributed by atoms with E-state index in [1.165, 1.54) is 0 Å². The Bertz CT molecular complexity index is 484. The summed E-state index contributed by atoms with van der Waals surface area (Å²) in [5, 5.41) is 7.31. The summed E-state index contributed by atoms with van der Waals surface area (Å²) in [5.41, 5.74) is 1.08. The fourth-order valence-corrected chi connectivity index (χ4v) is 1.84. The summed E-state index contributed by atoms with van der Waals surface area (Å²) in [4.78, 5) is 0. The van der Waals surface area contributed by atoms with Crippen molar-refractivity contribution in [3.8, 4) is 5.75 Å². The van der Waals surface area contributed by atoms with Gasteiger partial charge in [-0.2, -0.15) is 5.10 Å². The fraction of sp³-hybridized carbons (Fsp3) is 0.250. The maximum atomic E-state index is 5.52. The Morgan fingerprint density at radius 3 is 3.06 bits per heavy atom. The maximum Gasteiger partial charge on any atom is 0.157 e. The Labute approximate surface area is 109 Å². The van der Waals surface area contributed by atoms with Crippen LogP contribution in [0.1, 0.15) is 0 Å². The molecular formula is C12H14BrN3O. The Hall–Kier alpha value is -1.49. The van der Waals surface area contributed by atoms with E-state index >= 15 is 0 Å². The van der Waals surface area contributed by atoms with E-state index < -0.39 is 0 Å². The number of hydrogen-bond donors (Lipinski definition) is 1. The van der Waals surface area contributed by atoms with Gasteiger partial charge in [-0.05, 0) is 18.2 Å². The number of rotatable bonds is 5. The molecule has 0 atom stereocenters. The normalized spacial score (nSPS) is 10.2. The summed E-state index contributed by atoms with van der Waals surface area (Å²) in [6.45, 7) is 1.36. The molecule has 1 aromatic carbocycles. The number of halogens is 1. The molecule has 5 heteroatoms. The van der Waals surface area contributed by atoms with Crippen molar-refractivity contribution in [3.05, 3.63) is 41.1 Å². The lowest BCUT2D eigenvalue weighted by atomic mass is 10.3. The van der Waals surface area contributed by atoms with Crippen molar-refractivity contribution in [3.63, 3.8) is 0 Å². The topological polar surface area (TPSA) is 39.1 Å². The van der Waals surface area contributed by atoms with Crippen LogP contribution in [0, 0.1) is 0 Å². The van der Waals surface area contributed by atoms with Crippen molar-refractivity contribution in [2.24, 2.45) is 7.05 Å². The third-order valence-electron chi connectivity index (χ3n) is 2.21. The molecule has 0 bridgehead atoms. The molecule has 0 aliphatic heterocycles. The van der Waals surface area contributed by atoms with Gasteiger partial charge >= 0.3 is 0 Å². The van der Waals surface area contributed by atoms with E-state index in [1.807, 2.05) is 37.5 Å². The van der Waals surface area contributed by atoms with E-state index in [1.54, 1.807) is 10.9 Å². The summed E-state index contributed by atoms with van der Waals surface area (Å²) in [5.74, 6) is 0.795. The molecule has 0 saturated heterocycles. The van der Waals surface area contributed by atoms with Gasteiger partial charge in [-0.25, -0.2) is 0 Å². The van der Waals surface area contributed by atoms with Crippen LogP contribution >= 0.6 is 15.9 Å². The van der Waals surface area contributed by atoms with Crippen molar-refractivity contribution in [1.82, 2.24) is 9.78 Å².